The van der Waals surface area contributed by atoms with Crippen LogP contribution in [0.25, 0.3) is 6.08 Å². The molecular weight excluding hydrogens is 201 g/mol. The van der Waals surface area contributed by atoms with Crippen molar-refractivity contribution in [1.29, 1.82) is 0 Å². The molecule has 1 aliphatic heterocycles. The molecule has 1 fully saturated rings. The number of rotatable bonds is 1. The molecular formula is C11H13ClFN. The largest absolute Gasteiger partial charge is 0.313 e. The van der Waals surface area contributed by atoms with E-state index in [1.165, 1.54) is 11.6 Å². The highest BCUT2D eigenvalue weighted by Crippen LogP contribution is 2.13. The van der Waals surface area contributed by atoms with Crippen molar-refractivity contribution in [1.82, 2.24) is 5.32 Å². The SMILES string of the molecule is Cl.Fc1cccc(/C=C2\CCNC2)c1. The second kappa shape index (κ2) is 5.13. The molecule has 76 valence electrons. The van der Waals surface area contributed by atoms with Gasteiger partial charge in [0.05, 0.1) is 0 Å². The monoisotopic (exact) mass is 213 g/mol. The van der Waals surface area contributed by atoms with Gasteiger partial charge in [0.15, 0.2) is 0 Å². The van der Waals surface area contributed by atoms with Crippen LogP contribution in [0, 0.1) is 5.82 Å². The molecule has 2 rings (SSSR count). The second-order valence-electron chi connectivity index (χ2n) is 3.28. The summed E-state index contributed by atoms with van der Waals surface area (Å²) in [4.78, 5) is 0. The highest BCUT2D eigenvalue weighted by Gasteiger charge is 2.04. The van der Waals surface area contributed by atoms with E-state index < -0.39 is 0 Å². The lowest BCUT2D eigenvalue weighted by Crippen LogP contribution is -2.04. The Morgan fingerprint density at radius 1 is 1.36 bits per heavy atom. The number of hydrogen-bond acceptors (Lipinski definition) is 1. The minimum atomic E-state index is -0.166. The van der Waals surface area contributed by atoms with E-state index in [0.717, 1.165) is 25.1 Å². The van der Waals surface area contributed by atoms with Crippen molar-refractivity contribution in [3.8, 4) is 0 Å². The van der Waals surface area contributed by atoms with E-state index in [1.807, 2.05) is 6.07 Å². The van der Waals surface area contributed by atoms with Gasteiger partial charge in [-0.05, 0) is 30.7 Å². The first kappa shape index (κ1) is 11.2. The van der Waals surface area contributed by atoms with Crippen molar-refractivity contribution in [3.05, 3.63) is 41.2 Å². The van der Waals surface area contributed by atoms with Gasteiger partial charge in [0.25, 0.3) is 0 Å². The predicted molar refractivity (Wildman–Crippen MR) is 59.1 cm³/mol. The van der Waals surface area contributed by atoms with Gasteiger partial charge in [0.2, 0.25) is 0 Å². The van der Waals surface area contributed by atoms with Gasteiger partial charge in [-0.25, -0.2) is 4.39 Å². The first-order valence-electron chi connectivity index (χ1n) is 4.50. The highest BCUT2D eigenvalue weighted by atomic mass is 35.5. The Kier molecular flexibility index (Phi) is 4.11. The molecule has 1 saturated heterocycles. The molecule has 1 heterocycles. The summed E-state index contributed by atoms with van der Waals surface area (Å²) in [6.45, 7) is 1.98. The first-order valence-corrected chi connectivity index (χ1v) is 4.50. The topological polar surface area (TPSA) is 12.0 Å². The Balaban J connectivity index is 0.000000980. The van der Waals surface area contributed by atoms with Crippen LogP contribution >= 0.6 is 12.4 Å². The van der Waals surface area contributed by atoms with Crippen LogP contribution in [0.15, 0.2) is 29.8 Å². The average molecular weight is 214 g/mol. The molecule has 1 aromatic carbocycles. The molecule has 0 aromatic heterocycles. The van der Waals surface area contributed by atoms with E-state index in [-0.39, 0.29) is 18.2 Å². The molecule has 0 unspecified atom stereocenters. The lowest BCUT2D eigenvalue weighted by molar-refractivity contribution is 0.627. The summed E-state index contributed by atoms with van der Waals surface area (Å²) in [5.74, 6) is -0.166. The van der Waals surface area contributed by atoms with E-state index >= 15 is 0 Å². The van der Waals surface area contributed by atoms with E-state index in [9.17, 15) is 4.39 Å². The minimum Gasteiger partial charge on any atom is -0.313 e. The normalized spacial score (nSPS) is 18.2. The van der Waals surface area contributed by atoms with Crippen molar-refractivity contribution in [2.75, 3.05) is 13.1 Å². The first-order chi connectivity index (χ1) is 6.34. The molecule has 1 aliphatic rings. The summed E-state index contributed by atoms with van der Waals surface area (Å²) in [7, 11) is 0. The number of hydrogen-bond donors (Lipinski definition) is 1. The van der Waals surface area contributed by atoms with E-state index in [0.29, 0.717) is 0 Å². The molecule has 0 atom stereocenters. The van der Waals surface area contributed by atoms with Gasteiger partial charge in [-0.2, -0.15) is 0 Å². The molecule has 0 aliphatic carbocycles. The van der Waals surface area contributed by atoms with Crippen LogP contribution in [0.4, 0.5) is 4.39 Å². The molecule has 0 saturated carbocycles. The fourth-order valence-corrected chi connectivity index (χ4v) is 1.54. The van der Waals surface area contributed by atoms with Gasteiger partial charge < -0.3 is 5.32 Å². The van der Waals surface area contributed by atoms with Crippen LogP contribution in [0.3, 0.4) is 0 Å². The van der Waals surface area contributed by atoms with Crippen LogP contribution in [0.5, 0.6) is 0 Å². The van der Waals surface area contributed by atoms with Crippen LogP contribution in [0.1, 0.15) is 12.0 Å². The number of benzene rings is 1. The zero-order chi connectivity index (χ0) is 9.10. The quantitative estimate of drug-likeness (QED) is 0.756. The van der Waals surface area contributed by atoms with Crippen LogP contribution in [-0.2, 0) is 0 Å². The second-order valence-corrected chi connectivity index (χ2v) is 3.28. The smallest absolute Gasteiger partial charge is 0.123 e. The van der Waals surface area contributed by atoms with Crippen molar-refractivity contribution >= 4 is 18.5 Å². The third-order valence-electron chi connectivity index (χ3n) is 2.19. The molecule has 1 nitrogen and oxygen atoms in total. The van der Waals surface area contributed by atoms with Gasteiger partial charge >= 0.3 is 0 Å². The number of halogens is 2. The summed E-state index contributed by atoms with van der Waals surface area (Å²) in [6.07, 6.45) is 3.14. The maximum atomic E-state index is 12.8. The van der Waals surface area contributed by atoms with Crippen molar-refractivity contribution in [3.63, 3.8) is 0 Å². The summed E-state index contributed by atoms with van der Waals surface area (Å²) < 4.78 is 12.8. The van der Waals surface area contributed by atoms with Crippen LogP contribution < -0.4 is 5.32 Å². The number of nitrogens with one attached hydrogen (secondary N) is 1. The van der Waals surface area contributed by atoms with E-state index in [1.54, 1.807) is 12.1 Å². The summed E-state index contributed by atoms with van der Waals surface area (Å²) in [5, 5.41) is 3.25. The summed E-state index contributed by atoms with van der Waals surface area (Å²) in [6, 6.07) is 6.69. The van der Waals surface area contributed by atoms with Gasteiger partial charge in [0, 0.05) is 6.54 Å². The zero-order valence-corrected chi connectivity index (χ0v) is 8.61. The van der Waals surface area contributed by atoms with Crippen molar-refractivity contribution in [2.45, 2.75) is 6.42 Å². The minimum absolute atomic E-state index is 0. The molecule has 0 bridgehead atoms. The van der Waals surface area contributed by atoms with Crippen molar-refractivity contribution < 1.29 is 4.39 Å². The molecule has 1 N–H and O–H groups in total. The lowest BCUT2D eigenvalue weighted by atomic mass is 10.1. The summed E-state index contributed by atoms with van der Waals surface area (Å²) >= 11 is 0. The standard InChI is InChI=1S/C11H12FN.ClH/c12-11-3-1-2-9(7-11)6-10-4-5-13-8-10;/h1-3,6-7,13H,4-5,8H2;1H/b10-6+;. The fourth-order valence-electron chi connectivity index (χ4n) is 1.54. The Bertz CT molecular complexity index is 328. The zero-order valence-electron chi connectivity index (χ0n) is 7.79. The van der Waals surface area contributed by atoms with Gasteiger partial charge in [-0.3, -0.25) is 0 Å². The highest BCUT2D eigenvalue weighted by molar-refractivity contribution is 5.85. The third kappa shape index (κ3) is 2.82. The maximum absolute atomic E-state index is 12.8. The van der Waals surface area contributed by atoms with E-state index in [4.69, 9.17) is 0 Å². The molecule has 1 aromatic rings. The average Bonchev–Trinajstić information content (AvgIpc) is 2.57. The van der Waals surface area contributed by atoms with Gasteiger partial charge in [-0.1, -0.05) is 23.8 Å². The lowest BCUT2D eigenvalue weighted by Gasteiger charge is -1.96. The van der Waals surface area contributed by atoms with E-state index in [2.05, 4.69) is 11.4 Å². The molecule has 14 heavy (non-hydrogen) atoms. The van der Waals surface area contributed by atoms with Crippen LogP contribution in [-0.4, -0.2) is 13.1 Å². The third-order valence-corrected chi connectivity index (χ3v) is 2.19. The molecule has 0 amide bonds. The van der Waals surface area contributed by atoms with Gasteiger partial charge in [-0.15, -0.1) is 12.4 Å². The molecule has 3 heteroatoms. The Morgan fingerprint density at radius 3 is 2.86 bits per heavy atom. The predicted octanol–water partition coefficient (Wildman–Crippen LogP) is 2.62. The van der Waals surface area contributed by atoms with Crippen LogP contribution in [0.2, 0.25) is 0 Å². The Hall–Kier alpha value is -0.860. The molecule has 0 radical (unpaired) electrons. The molecule has 0 spiro atoms. The fraction of sp³-hybridized carbons (Fsp3) is 0.273. The van der Waals surface area contributed by atoms with Crippen molar-refractivity contribution in [2.24, 2.45) is 0 Å². The van der Waals surface area contributed by atoms with Gasteiger partial charge in [0.1, 0.15) is 5.82 Å². The Morgan fingerprint density at radius 2 is 2.21 bits per heavy atom. The summed E-state index contributed by atoms with van der Waals surface area (Å²) in [5.41, 5.74) is 2.31. The maximum Gasteiger partial charge on any atom is 0.123 e. The Labute approximate surface area is 89.4 Å².